The van der Waals surface area contributed by atoms with E-state index in [-0.39, 0.29) is 24.6 Å². The molecular weight excluding hydrogens is 331 g/mol. The van der Waals surface area contributed by atoms with E-state index in [1.807, 2.05) is 0 Å². The lowest BCUT2D eigenvalue weighted by atomic mass is 9.95. The van der Waals surface area contributed by atoms with Gasteiger partial charge in [-0.05, 0) is 25.1 Å². The quantitative estimate of drug-likeness (QED) is 0.829. The van der Waals surface area contributed by atoms with Crippen molar-refractivity contribution in [2.75, 3.05) is 13.7 Å². The second-order valence-electron chi connectivity index (χ2n) is 5.96. The van der Waals surface area contributed by atoms with Crippen LogP contribution < -0.4 is 5.32 Å². The van der Waals surface area contributed by atoms with Gasteiger partial charge in [-0.1, -0.05) is 17.3 Å². The fourth-order valence-electron chi connectivity index (χ4n) is 2.57. The molecule has 2 aliphatic rings. The molecule has 0 bridgehead atoms. The molecule has 0 saturated carbocycles. The molecule has 0 radical (unpaired) electrons. The zero-order chi connectivity index (χ0) is 18.0. The summed E-state index contributed by atoms with van der Waals surface area (Å²) in [4.78, 5) is 29.2. The monoisotopic (exact) mass is 348 g/mol. The Bertz CT molecular complexity index is 776. The predicted octanol–water partition coefficient (Wildman–Crippen LogP) is 1.28. The van der Waals surface area contributed by atoms with Crippen molar-refractivity contribution >= 4 is 17.6 Å². The number of rotatable bonds is 4. The molecule has 0 aromatic heterocycles. The molecule has 7 nitrogen and oxygen atoms in total. The average molecular weight is 348 g/mol. The molecule has 1 N–H and O–H groups in total. The fourth-order valence-corrected chi connectivity index (χ4v) is 2.57. The van der Waals surface area contributed by atoms with Crippen LogP contribution in [0.4, 0.5) is 4.39 Å². The summed E-state index contributed by atoms with van der Waals surface area (Å²) in [5.74, 6) is -1.33. The number of oxime groups is 1. The normalized spacial score (nSPS) is 24.7. The first-order chi connectivity index (χ1) is 11.9. The van der Waals surface area contributed by atoms with E-state index in [1.165, 1.54) is 25.3 Å². The van der Waals surface area contributed by atoms with E-state index in [1.54, 1.807) is 19.1 Å². The van der Waals surface area contributed by atoms with Crippen molar-refractivity contribution in [3.05, 3.63) is 47.5 Å². The van der Waals surface area contributed by atoms with Crippen molar-refractivity contribution in [2.24, 2.45) is 5.16 Å². The van der Waals surface area contributed by atoms with E-state index in [0.29, 0.717) is 11.3 Å². The minimum absolute atomic E-state index is 0.0574. The maximum Gasteiger partial charge on any atom is 0.373 e. The second-order valence-corrected chi connectivity index (χ2v) is 5.96. The van der Waals surface area contributed by atoms with Crippen molar-refractivity contribution in [3.63, 3.8) is 0 Å². The van der Waals surface area contributed by atoms with E-state index in [4.69, 9.17) is 9.57 Å². The number of nitrogens with one attached hydrogen (secondary N) is 1. The van der Waals surface area contributed by atoms with Crippen LogP contribution in [0.2, 0.25) is 0 Å². The van der Waals surface area contributed by atoms with Crippen LogP contribution in [-0.2, 0) is 23.9 Å². The van der Waals surface area contributed by atoms with Gasteiger partial charge in [0.25, 0.3) is 5.91 Å². The van der Waals surface area contributed by atoms with Gasteiger partial charge in [0.15, 0.2) is 0 Å². The molecule has 0 aliphatic carbocycles. The zero-order valence-electron chi connectivity index (χ0n) is 13.7. The molecule has 1 aromatic carbocycles. The second kappa shape index (κ2) is 6.54. The van der Waals surface area contributed by atoms with Gasteiger partial charge in [-0.15, -0.1) is 0 Å². The van der Waals surface area contributed by atoms with Gasteiger partial charge in [0.2, 0.25) is 11.4 Å². The van der Waals surface area contributed by atoms with Gasteiger partial charge in [-0.3, -0.25) is 4.79 Å². The highest BCUT2D eigenvalue weighted by Crippen LogP contribution is 2.27. The maximum atomic E-state index is 13.3. The molecule has 1 amide bonds. The smallest absolute Gasteiger partial charge is 0.373 e. The van der Waals surface area contributed by atoms with Gasteiger partial charge < -0.3 is 19.6 Å². The largest absolute Gasteiger partial charge is 0.484 e. The van der Waals surface area contributed by atoms with Gasteiger partial charge in [0.05, 0.1) is 18.9 Å². The summed E-state index contributed by atoms with van der Waals surface area (Å²) in [6, 6.07) is 5.46. The predicted molar refractivity (Wildman–Crippen MR) is 85.0 cm³/mol. The Kier molecular flexibility index (Phi) is 4.43. The third-order valence-electron chi connectivity index (χ3n) is 3.97. The zero-order valence-corrected chi connectivity index (χ0v) is 13.7. The first kappa shape index (κ1) is 16.9. The minimum Gasteiger partial charge on any atom is -0.484 e. The van der Waals surface area contributed by atoms with Crippen molar-refractivity contribution < 1.29 is 28.3 Å². The highest BCUT2D eigenvalue weighted by Gasteiger charge is 2.43. The summed E-state index contributed by atoms with van der Waals surface area (Å²) in [7, 11) is 1.25. The van der Waals surface area contributed by atoms with E-state index in [2.05, 4.69) is 15.2 Å². The molecule has 2 aliphatic heterocycles. The lowest BCUT2D eigenvalue weighted by molar-refractivity contribution is -0.142. The van der Waals surface area contributed by atoms with E-state index in [0.717, 1.165) is 0 Å². The summed E-state index contributed by atoms with van der Waals surface area (Å²) >= 11 is 0. The standard InChI is InChI=1S/C17H17FN2O5/c1-17(8-13(20-25-17)10-4-3-5-11(18)6-10)16(22)19-12-7-14(24-9-12)15(21)23-2/h3-7,12H,8-9H2,1-2H3,(H,19,22)/t12-,17?/m1/s1. The van der Waals surface area contributed by atoms with Crippen molar-refractivity contribution in [1.82, 2.24) is 5.32 Å². The molecule has 2 atom stereocenters. The number of methoxy groups -OCH3 is 1. The van der Waals surface area contributed by atoms with Crippen LogP contribution in [0.1, 0.15) is 18.9 Å². The Morgan fingerprint density at radius 2 is 2.24 bits per heavy atom. The van der Waals surface area contributed by atoms with Crippen LogP contribution >= 0.6 is 0 Å². The van der Waals surface area contributed by atoms with E-state index >= 15 is 0 Å². The topological polar surface area (TPSA) is 86.2 Å². The van der Waals surface area contributed by atoms with Crippen LogP contribution in [0.3, 0.4) is 0 Å². The fraction of sp³-hybridized carbons (Fsp3) is 0.353. The number of hydrogen-bond acceptors (Lipinski definition) is 6. The Labute approximate surface area is 143 Å². The third kappa shape index (κ3) is 3.47. The number of nitrogens with zero attached hydrogens (tertiary/aromatic N) is 1. The number of esters is 1. The van der Waals surface area contributed by atoms with Crippen LogP contribution in [0.25, 0.3) is 0 Å². The summed E-state index contributed by atoms with van der Waals surface area (Å²) < 4.78 is 23.1. The molecule has 8 heteroatoms. The number of benzene rings is 1. The number of carbonyl (C=O) groups is 2. The van der Waals surface area contributed by atoms with Gasteiger partial charge in [0.1, 0.15) is 12.4 Å². The van der Waals surface area contributed by atoms with Crippen LogP contribution in [-0.4, -0.2) is 42.9 Å². The van der Waals surface area contributed by atoms with Gasteiger partial charge in [0, 0.05) is 12.0 Å². The summed E-state index contributed by atoms with van der Waals surface area (Å²) in [5.41, 5.74) is -0.164. The molecule has 25 heavy (non-hydrogen) atoms. The van der Waals surface area contributed by atoms with Crippen molar-refractivity contribution in [3.8, 4) is 0 Å². The van der Waals surface area contributed by atoms with Crippen LogP contribution in [0.5, 0.6) is 0 Å². The van der Waals surface area contributed by atoms with Crippen molar-refractivity contribution in [1.29, 1.82) is 0 Å². The molecule has 0 saturated heterocycles. The number of hydrogen-bond donors (Lipinski definition) is 1. The molecule has 1 unspecified atom stereocenters. The SMILES string of the molecule is COC(=O)C1=C[C@@H](NC(=O)C2(C)CC(c3cccc(F)c3)=NO2)CO1. The molecule has 0 spiro atoms. The van der Waals surface area contributed by atoms with Gasteiger partial charge in [-0.25, -0.2) is 9.18 Å². The Morgan fingerprint density at radius 1 is 1.44 bits per heavy atom. The summed E-state index contributed by atoms with van der Waals surface area (Å²) in [6.45, 7) is 1.72. The average Bonchev–Trinajstić information content (AvgIpc) is 3.22. The first-order valence-corrected chi connectivity index (χ1v) is 7.66. The third-order valence-corrected chi connectivity index (χ3v) is 3.97. The van der Waals surface area contributed by atoms with Crippen LogP contribution in [0.15, 0.2) is 41.3 Å². The van der Waals surface area contributed by atoms with E-state index < -0.39 is 23.5 Å². The highest BCUT2D eigenvalue weighted by atomic mass is 19.1. The Balaban J connectivity index is 1.64. The lowest BCUT2D eigenvalue weighted by Crippen LogP contribution is -2.48. The minimum atomic E-state index is -1.22. The molecular formula is C17H17FN2O5. The summed E-state index contributed by atoms with van der Waals surface area (Å²) in [6.07, 6.45) is 1.68. The molecule has 3 rings (SSSR count). The number of ether oxygens (including phenoxy) is 2. The number of halogens is 1. The molecule has 132 valence electrons. The maximum absolute atomic E-state index is 13.3. The first-order valence-electron chi connectivity index (χ1n) is 7.66. The van der Waals surface area contributed by atoms with Gasteiger partial charge >= 0.3 is 5.97 Å². The van der Waals surface area contributed by atoms with Crippen LogP contribution in [0, 0.1) is 5.82 Å². The summed E-state index contributed by atoms with van der Waals surface area (Å²) in [5, 5.41) is 6.65. The highest BCUT2D eigenvalue weighted by molar-refractivity contribution is 6.05. The van der Waals surface area contributed by atoms with Gasteiger partial charge in [-0.2, -0.15) is 0 Å². The number of amides is 1. The lowest BCUT2D eigenvalue weighted by Gasteiger charge is -2.22. The Morgan fingerprint density at radius 3 is 2.96 bits per heavy atom. The van der Waals surface area contributed by atoms with E-state index in [9.17, 15) is 14.0 Å². The van der Waals surface area contributed by atoms with Crippen molar-refractivity contribution in [2.45, 2.75) is 25.0 Å². The Hall–Kier alpha value is -2.90. The molecule has 0 fully saturated rings. The molecule has 1 aromatic rings. The number of carbonyl (C=O) groups excluding carboxylic acids is 2. The molecule has 2 heterocycles.